The molecule has 0 aromatic carbocycles. The molecule has 1 saturated heterocycles. The summed E-state index contributed by atoms with van der Waals surface area (Å²) < 4.78 is 0. The van der Waals surface area contributed by atoms with Gasteiger partial charge in [0.15, 0.2) is 0 Å². The Morgan fingerprint density at radius 2 is 2.67 bits per heavy atom. The van der Waals surface area contributed by atoms with E-state index in [1.54, 1.807) is 0 Å². The van der Waals surface area contributed by atoms with E-state index in [0.717, 1.165) is 6.54 Å². The van der Waals surface area contributed by atoms with Gasteiger partial charge in [0, 0.05) is 6.54 Å². The summed E-state index contributed by atoms with van der Waals surface area (Å²) in [5, 5.41) is 5.61. The summed E-state index contributed by atoms with van der Waals surface area (Å²) in [6.45, 7) is 3.54. The molecule has 1 aliphatic heterocycles. The van der Waals surface area contributed by atoms with E-state index in [1.165, 1.54) is 0 Å². The predicted octanol–water partition coefficient (Wildman–Crippen LogP) is -1.54. The van der Waals surface area contributed by atoms with Gasteiger partial charge >= 0.3 is 0 Å². The van der Waals surface area contributed by atoms with Crippen molar-refractivity contribution < 1.29 is 0 Å². The molecule has 6 heavy (non-hydrogen) atoms. The lowest BCUT2D eigenvalue weighted by molar-refractivity contribution is 0.585. The fourth-order valence-electron chi connectivity index (χ4n) is 0.373. The molecule has 34 valence electrons. The third-order valence-corrected chi connectivity index (χ3v) is 0.668. The van der Waals surface area contributed by atoms with Crippen molar-refractivity contribution >= 4 is 0 Å². The highest BCUT2D eigenvalue weighted by atomic mass is 15.3. The van der Waals surface area contributed by atoms with Crippen molar-refractivity contribution in [3.63, 3.8) is 0 Å². The maximum atomic E-state index is 5.25. The van der Waals surface area contributed by atoms with Gasteiger partial charge in [-0.2, -0.15) is 0 Å². The zero-order chi connectivity index (χ0) is 4.41. The van der Waals surface area contributed by atoms with Gasteiger partial charge in [0.1, 0.15) is 6.29 Å². The Hall–Kier alpha value is -0.120. The van der Waals surface area contributed by atoms with Crippen LogP contribution in [0.15, 0.2) is 0 Å². The molecule has 1 fully saturated rings. The van der Waals surface area contributed by atoms with Gasteiger partial charge in [-0.05, 0) is 0 Å². The Bertz CT molecular complexity index is 39.3. The molecule has 0 spiro atoms. The van der Waals surface area contributed by atoms with Crippen molar-refractivity contribution in [1.29, 1.82) is 0 Å². The second-order valence-electron chi connectivity index (χ2n) is 1.18. The lowest BCUT2D eigenvalue weighted by Gasteiger charge is -1.97. The van der Waals surface area contributed by atoms with Crippen LogP contribution in [0.3, 0.4) is 0 Å². The standard InChI is InChI=1S/C3H7N3/c4-3-5-1-2-6-3/h3,5-6H,1,4H2. The fourth-order valence-corrected chi connectivity index (χ4v) is 0.373. The van der Waals surface area contributed by atoms with Gasteiger partial charge < -0.3 is 5.73 Å². The SMILES string of the molecule is NC1N[C]CN1. The highest BCUT2D eigenvalue weighted by molar-refractivity contribution is 4.76. The maximum absolute atomic E-state index is 5.25. The average molecular weight is 85.1 g/mol. The first-order chi connectivity index (χ1) is 2.89. The van der Waals surface area contributed by atoms with Crippen LogP contribution in [0.2, 0.25) is 0 Å². The topological polar surface area (TPSA) is 50.1 Å². The molecule has 1 unspecified atom stereocenters. The van der Waals surface area contributed by atoms with E-state index >= 15 is 0 Å². The Morgan fingerprint density at radius 1 is 1.83 bits per heavy atom. The van der Waals surface area contributed by atoms with Crippen molar-refractivity contribution in [2.45, 2.75) is 6.29 Å². The van der Waals surface area contributed by atoms with Crippen LogP contribution in [-0.4, -0.2) is 12.8 Å². The van der Waals surface area contributed by atoms with Gasteiger partial charge in [-0.15, -0.1) is 0 Å². The molecule has 0 bridgehead atoms. The van der Waals surface area contributed by atoms with Crippen molar-refractivity contribution in [3.05, 3.63) is 6.54 Å². The molecule has 1 rings (SSSR count). The minimum atomic E-state index is -0.0648. The van der Waals surface area contributed by atoms with Crippen molar-refractivity contribution in [2.24, 2.45) is 5.73 Å². The monoisotopic (exact) mass is 85.1 g/mol. The van der Waals surface area contributed by atoms with Gasteiger partial charge in [-0.25, -0.2) is 0 Å². The highest BCUT2D eigenvalue weighted by Crippen LogP contribution is 1.76. The van der Waals surface area contributed by atoms with Gasteiger partial charge in [0.05, 0.1) is 6.54 Å². The number of nitrogens with two attached hydrogens (primary N) is 1. The van der Waals surface area contributed by atoms with Crippen molar-refractivity contribution in [3.8, 4) is 0 Å². The zero-order valence-corrected chi connectivity index (χ0v) is 3.36. The Labute approximate surface area is 36.9 Å². The van der Waals surface area contributed by atoms with E-state index in [0.29, 0.717) is 0 Å². The smallest absolute Gasteiger partial charge is 0.110 e. The van der Waals surface area contributed by atoms with Crippen LogP contribution in [0.25, 0.3) is 0 Å². The van der Waals surface area contributed by atoms with Crippen molar-refractivity contribution in [2.75, 3.05) is 6.54 Å². The summed E-state index contributed by atoms with van der Waals surface area (Å²) in [5.74, 6) is 0. The second kappa shape index (κ2) is 1.55. The van der Waals surface area contributed by atoms with Crippen LogP contribution < -0.4 is 16.4 Å². The van der Waals surface area contributed by atoms with Crippen LogP contribution in [0.1, 0.15) is 0 Å². The first kappa shape index (κ1) is 4.05. The van der Waals surface area contributed by atoms with Gasteiger partial charge in [0.25, 0.3) is 0 Å². The number of rotatable bonds is 0. The molecular formula is C3H7N3. The summed E-state index contributed by atoms with van der Waals surface area (Å²) in [6, 6.07) is 0. The molecule has 1 heterocycles. The number of hydrogen-bond donors (Lipinski definition) is 3. The van der Waals surface area contributed by atoms with Crippen LogP contribution in [0.4, 0.5) is 0 Å². The minimum Gasteiger partial charge on any atom is -0.304 e. The second-order valence-corrected chi connectivity index (χ2v) is 1.18. The van der Waals surface area contributed by atoms with Crippen LogP contribution in [0.5, 0.6) is 0 Å². The predicted molar refractivity (Wildman–Crippen MR) is 22.4 cm³/mol. The molecule has 0 saturated carbocycles. The van der Waals surface area contributed by atoms with E-state index in [-0.39, 0.29) is 6.29 Å². The van der Waals surface area contributed by atoms with E-state index < -0.39 is 0 Å². The maximum Gasteiger partial charge on any atom is 0.110 e. The molecule has 0 amide bonds. The van der Waals surface area contributed by atoms with Crippen LogP contribution in [0, 0.1) is 6.54 Å². The molecule has 4 N–H and O–H groups in total. The van der Waals surface area contributed by atoms with E-state index in [4.69, 9.17) is 5.73 Å². The first-order valence-corrected chi connectivity index (χ1v) is 1.87. The molecular weight excluding hydrogens is 78.1 g/mol. The van der Waals surface area contributed by atoms with Crippen LogP contribution >= 0.6 is 0 Å². The molecule has 3 nitrogen and oxygen atoms in total. The van der Waals surface area contributed by atoms with Gasteiger partial charge in [0.2, 0.25) is 0 Å². The lowest BCUT2D eigenvalue weighted by atomic mass is 10.7. The lowest BCUT2D eigenvalue weighted by Crippen LogP contribution is -2.39. The van der Waals surface area contributed by atoms with Gasteiger partial charge in [-0.3, -0.25) is 10.6 Å². The Morgan fingerprint density at radius 3 is 2.83 bits per heavy atom. The molecule has 3 heteroatoms. The highest BCUT2D eigenvalue weighted by Gasteiger charge is 2.05. The molecule has 0 aliphatic carbocycles. The Balaban J connectivity index is 2.18. The largest absolute Gasteiger partial charge is 0.304 e. The summed E-state index contributed by atoms with van der Waals surface area (Å²) in [5.41, 5.74) is 5.25. The molecule has 2 radical (unpaired) electrons. The van der Waals surface area contributed by atoms with E-state index in [2.05, 4.69) is 17.2 Å². The summed E-state index contributed by atoms with van der Waals surface area (Å²) >= 11 is 0. The van der Waals surface area contributed by atoms with Crippen molar-refractivity contribution in [1.82, 2.24) is 10.6 Å². The molecule has 0 aromatic rings. The van der Waals surface area contributed by atoms with E-state index in [9.17, 15) is 0 Å². The summed E-state index contributed by atoms with van der Waals surface area (Å²) in [7, 11) is 0. The average Bonchev–Trinajstić information content (AvgIpc) is 1.86. The quantitative estimate of drug-likeness (QED) is 0.334. The number of hydrogen-bond acceptors (Lipinski definition) is 3. The third-order valence-electron chi connectivity index (χ3n) is 0.668. The fraction of sp³-hybridized carbons (Fsp3) is 0.667. The third kappa shape index (κ3) is 0.680. The summed E-state index contributed by atoms with van der Waals surface area (Å²) in [4.78, 5) is 0. The Kier molecular flexibility index (Phi) is 1.05. The normalized spacial score (nSPS) is 25.5. The van der Waals surface area contributed by atoms with Gasteiger partial charge in [-0.1, -0.05) is 0 Å². The number of nitrogens with one attached hydrogen (secondary N) is 2. The summed E-state index contributed by atoms with van der Waals surface area (Å²) in [6.07, 6.45) is -0.0648. The molecule has 0 aromatic heterocycles. The minimum absolute atomic E-state index is 0.0648. The molecule has 1 atom stereocenters. The van der Waals surface area contributed by atoms with Crippen LogP contribution in [-0.2, 0) is 0 Å². The van der Waals surface area contributed by atoms with E-state index in [1.807, 2.05) is 0 Å². The molecule has 1 aliphatic rings. The zero-order valence-electron chi connectivity index (χ0n) is 3.36. The first-order valence-electron chi connectivity index (χ1n) is 1.87.